The topological polar surface area (TPSA) is 127 Å². The highest BCUT2D eigenvalue weighted by molar-refractivity contribution is 5.67. The van der Waals surface area contributed by atoms with Gasteiger partial charge in [-0.15, -0.1) is 0 Å². The number of anilines is 2. The first kappa shape index (κ1) is 13.5. The highest BCUT2D eigenvalue weighted by atomic mass is 16.6. The van der Waals surface area contributed by atoms with Gasteiger partial charge < -0.3 is 16.2 Å². The van der Waals surface area contributed by atoms with Crippen molar-refractivity contribution < 1.29 is 10.0 Å². The Kier molecular flexibility index (Phi) is 3.79. The van der Waals surface area contributed by atoms with Crippen molar-refractivity contribution in [2.24, 2.45) is 0 Å². The maximum absolute atomic E-state index is 11.0. The lowest BCUT2D eigenvalue weighted by Gasteiger charge is -2.36. The van der Waals surface area contributed by atoms with Gasteiger partial charge in [-0.2, -0.15) is 0 Å². The molecule has 0 saturated heterocycles. The molecule has 0 aromatic carbocycles. The molecule has 8 nitrogen and oxygen atoms in total. The van der Waals surface area contributed by atoms with Gasteiger partial charge in [-0.1, -0.05) is 19.3 Å². The molecule has 0 amide bonds. The van der Waals surface area contributed by atoms with Crippen LogP contribution in [-0.4, -0.2) is 32.1 Å². The molecule has 0 aliphatic heterocycles. The minimum atomic E-state index is -0.606. The first-order chi connectivity index (χ1) is 9.08. The number of rotatable bonds is 4. The SMILES string of the molecule is Nc1ncnc(NC2(CO)CCCCC2)c1[N+](=O)[O-]. The number of aliphatic hydroxyl groups excluding tert-OH is 1. The molecule has 0 radical (unpaired) electrons. The Morgan fingerprint density at radius 2 is 2.11 bits per heavy atom. The molecule has 1 heterocycles. The average Bonchev–Trinajstić information content (AvgIpc) is 2.39. The van der Waals surface area contributed by atoms with Crippen molar-refractivity contribution >= 4 is 17.3 Å². The van der Waals surface area contributed by atoms with Crippen LogP contribution in [0.25, 0.3) is 0 Å². The van der Waals surface area contributed by atoms with Crippen molar-refractivity contribution in [2.75, 3.05) is 17.7 Å². The zero-order valence-corrected chi connectivity index (χ0v) is 10.5. The average molecular weight is 267 g/mol. The minimum Gasteiger partial charge on any atom is -0.394 e. The van der Waals surface area contributed by atoms with E-state index < -0.39 is 10.5 Å². The third kappa shape index (κ3) is 2.73. The lowest BCUT2D eigenvalue weighted by molar-refractivity contribution is -0.383. The smallest absolute Gasteiger partial charge is 0.353 e. The molecule has 1 saturated carbocycles. The van der Waals surface area contributed by atoms with Crippen molar-refractivity contribution in [1.82, 2.24) is 9.97 Å². The molecule has 0 bridgehead atoms. The van der Waals surface area contributed by atoms with Crippen LogP contribution in [0.5, 0.6) is 0 Å². The van der Waals surface area contributed by atoms with Gasteiger partial charge in [0.1, 0.15) is 6.33 Å². The van der Waals surface area contributed by atoms with Crippen molar-refractivity contribution in [2.45, 2.75) is 37.6 Å². The molecule has 0 spiro atoms. The van der Waals surface area contributed by atoms with Gasteiger partial charge in [0.25, 0.3) is 0 Å². The first-order valence-electron chi connectivity index (χ1n) is 6.22. The van der Waals surface area contributed by atoms with E-state index in [1.54, 1.807) is 0 Å². The Morgan fingerprint density at radius 1 is 1.42 bits per heavy atom. The summed E-state index contributed by atoms with van der Waals surface area (Å²) in [5.41, 5.74) is 4.63. The number of nitrogen functional groups attached to an aromatic ring is 1. The van der Waals surface area contributed by atoms with E-state index in [2.05, 4.69) is 15.3 Å². The third-order valence-corrected chi connectivity index (χ3v) is 3.53. The first-order valence-corrected chi connectivity index (χ1v) is 6.22. The summed E-state index contributed by atoms with van der Waals surface area (Å²) in [4.78, 5) is 17.9. The van der Waals surface area contributed by atoms with Crippen LogP contribution in [0.1, 0.15) is 32.1 Å². The number of nitrogens with zero attached hydrogens (tertiary/aromatic N) is 3. The van der Waals surface area contributed by atoms with E-state index in [1.807, 2.05) is 0 Å². The van der Waals surface area contributed by atoms with E-state index in [0.717, 1.165) is 32.1 Å². The molecule has 0 atom stereocenters. The maximum Gasteiger partial charge on any atom is 0.353 e. The van der Waals surface area contributed by atoms with Crippen LogP contribution >= 0.6 is 0 Å². The molecular weight excluding hydrogens is 250 g/mol. The predicted molar refractivity (Wildman–Crippen MR) is 69.6 cm³/mol. The van der Waals surface area contributed by atoms with Gasteiger partial charge >= 0.3 is 5.69 Å². The normalized spacial score (nSPS) is 17.9. The summed E-state index contributed by atoms with van der Waals surface area (Å²) in [6.07, 6.45) is 5.75. The molecule has 104 valence electrons. The van der Waals surface area contributed by atoms with E-state index in [9.17, 15) is 15.2 Å². The Bertz CT molecular complexity index is 473. The van der Waals surface area contributed by atoms with Crippen molar-refractivity contribution in [1.29, 1.82) is 0 Å². The lowest BCUT2D eigenvalue weighted by Crippen LogP contribution is -2.44. The summed E-state index contributed by atoms with van der Waals surface area (Å²) < 4.78 is 0. The Balaban J connectivity index is 2.31. The highest BCUT2D eigenvalue weighted by Crippen LogP contribution is 2.34. The molecule has 19 heavy (non-hydrogen) atoms. The molecule has 1 aromatic rings. The summed E-state index contributed by atoms with van der Waals surface area (Å²) in [5, 5.41) is 23.6. The molecule has 1 aliphatic rings. The molecule has 2 rings (SSSR count). The molecule has 1 fully saturated rings. The van der Waals surface area contributed by atoms with E-state index in [4.69, 9.17) is 5.73 Å². The van der Waals surface area contributed by atoms with Crippen LogP contribution < -0.4 is 11.1 Å². The van der Waals surface area contributed by atoms with Gasteiger partial charge in [0.15, 0.2) is 0 Å². The monoisotopic (exact) mass is 267 g/mol. The van der Waals surface area contributed by atoms with Gasteiger partial charge in [-0.05, 0) is 12.8 Å². The van der Waals surface area contributed by atoms with Crippen molar-refractivity contribution in [3.63, 3.8) is 0 Å². The van der Waals surface area contributed by atoms with Crippen molar-refractivity contribution in [3.05, 3.63) is 16.4 Å². The van der Waals surface area contributed by atoms with Gasteiger partial charge in [-0.3, -0.25) is 10.1 Å². The summed E-state index contributed by atoms with van der Waals surface area (Å²) in [5.74, 6) is -0.0974. The van der Waals surface area contributed by atoms with Gasteiger partial charge in [0.2, 0.25) is 11.6 Å². The number of hydrogen-bond donors (Lipinski definition) is 3. The molecule has 1 aliphatic carbocycles. The number of aromatic nitrogens is 2. The lowest BCUT2D eigenvalue weighted by atomic mass is 9.82. The van der Waals surface area contributed by atoms with E-state index >= 15 is 0 Å². The maximum atomic E-state index is 11.0. The van der Waals surface area contributed by atoms with Gasteiger partial charge in [0.05, 0.1) is 17.1 Å². The zero-order chi connectivity index (χ0) is 13.9. The molecule has 8 heteroatoms. The standard InChI is InChI=1S/C11H17N5O3/c12-9-8(16(18)19)10(14-7-13-9)15-11(6-17)4-2-1-3-5-11/h7,17H,1-6H2,(H3,12,13,14,15). The summed E-state index contributed by atoms with van der Waals surface area (Å²) >= 11 is 0. The Hall–Kier alpha value is -1.96. The predicted octanol–water partition coefficient (Wildman–Crippen LogP) is 1.07. The second-order valence-corrected chi connectivity index (χ2v) is 4.84. The zero-order valence-electron chi connectivity index (χ0n) is 10.5. The largest absolute Gasteiger partial charge is 0.394 e. The highest BCUT2D eigenvalue weighted by Gasteiger charge is 2.34. The summed E-state index contributed by atoms with van der Waals surface area (Å²) in [6, 6.07) is 0. The van der Waals surface area contributed by atoms with E-state index in [0.29, 0.717) is 0 Å². The van der Waals surface area contributed by atoms with Crippen molar-refractivity contribution in [3.8, 4) is 0 Å². The Labute approximate surface area is 110 Å². The van der Waals surface area contributed by atoms with Crippen LogP contribution in [0.4, 0.5) is 17.3 Å². The number of aliphatic hydroxyl groups is 1. The quantitative estimate of drug-likeness (QED) is 0.550. The minimum absolute atomic E-state index is 0.0773. The fourth-order valence-electron chi connectivity index (χ4n) is 2.47. The van der Waals surface area contributed by atoms with Crippen LogP contribution in [0.3, 0.4) is 0 Å². The van der Waals surface area contributed by atoms with Crippen LogP contribution in [-0.2, 0) is 0 Å². The summed E-state index contributed by atoms with van der Waals surface area (Å²) in [7, 11) is 0. The van der Waals surface area contributed by atoms with Crippen LogP contribution in [0.2, 0.25) is 0 Å². The third-order valence-electron chi connectivity index (χ3n) is 3.53. The molecule has 1 aromatic heterocycles. The molecule has 0 unspecified atom stereocenters. The van der Waals surface area contributed by atoms with Gasteiger partial charge in [-0.25, -0.2) is 9.97 Å². The fraction of sp³-hybridized carbons (Fsp3) is 0.636. The van der Waals surface area contributed by atoms with Crippen LogP contribution in [0.15, 0.2) is 6.33 Å². The van der Waals surface area contributed by atoms with Crippen LogP contribution in [0, 0.1) is 10.1 Å². The molecular formula is C11H17N5O3. The fourth-order valence-corrected chi connectivity index (χ4v) is 2.47. The van der Waals surface area contributed by atoms with E-state index in [1.165, 1.54) is 6.33 Å². The van der Waals surface area contributed by atoms with E-state index in [-0.39, 0.29) is 23.9 Å². The number of nitro groups is 1. The number of nitrogens with two attached hydrogens (primary N) is 1. The number of nitrogens with one attached hydrogen (secondary N) is 1. The Morgan fingerprint density at radius 3 is 2.68 bits per heavy atom. The summed E-state index contributed by atoms with van der Waals surface area (Å²) in [6.45, 7) is -0.0892. The second kappa shape index (κ2) is 5.35. The number of hydrogen-bond acceptors (Lipinski definition) is 7. The molecule has 4 N–H and O–H groups in total. The second-order valence-electron chi connectivity index (χ2n) is 4.84. The van der Waals surface area contributed by atoms with Gasteiger partial charge in [0, 0.05) is 0 Å².